The fourth-order valence-corrected chi connectivity index (χ4v) is 2.52. The average Bonchev–Trinajstić information content (AvgIpc) is 2.44. The molecule has 0 bridgehead atoms. The van der Waals surface area contributed by atoms with E-state index in [-0.39, 0.29) is 0 Å². The molecule has 1 fully saturated rings. The number of nitrogens with zero attached hydrogens (tertiary/aromatic N) is 1. The quantitative estimate of drug-likeness (QED) is 0.763. The summed E-state index contributed by atoms with van der Waals surface area (Å²) in [6.45, 7) is 8.59. The molecule has 106 valence electrons. The zero-order valence-corrected chi connectivity index (χ0v) is 12.0. The van der Waals surface area contributed by atoms with E-state index in [1.54, 1.807) is 0 Å². The molecule has 3 heteroatoms. The second-order valence-electron chi connectivity index (χ2n) is 5.40. The lowest BCUT2D eigenvalue weighted by Crippen LogP contribution is -2.49. The van der Waals surface area contributed by atoms with Crippen LogP contribution in [-0.4, -0.2) is 43.7 Å². The van der Waals surface area contributed by atoms with Crippen molar-refractivity contribution in [3.8, 4) is 0 Å². The summed E-state index contributed by atoms with van der Waals surface area (Å²) < 4.78 is 5.70. The minimum absolute atomic E-state index is 0.642. The van der Waals surface area contributed by atoms with Gasteiger partial charge in [-0.05, 0) is 31.9 Å². The molecule has 1 atom stereocenters. The van der Waals surface area contributed by atoms with E-state index in [2.05, 4.69) is 41.4 Å². The Bertz CT molecular complexity index is 342. The van der Waals surface area contributed by atoms with Crippen LogP contribution in [0.3, 0.4) is 0 Å². The number of unbranched alkanes of at least 4 members (excludes halogenated alkanes) is 1. The molecule has 2 rings (SSSR count). The van der Waals surface area contributed by atoms with Gasteiger partial charge in [-0.15, -0.1) is 0 Å². The molecule has 1 aromatic rings. The van der Waals surface area contributed by atoms with Gasteiger partial charge in [-0.2, -0.15) is 0 Å². The zero-order valence-electron chi connectivity index (χ0n) is 12.0. The van der Waals surface area contributed by atoms with E-state index in [4.69, 9.17) is 4.74 Å². The highest BCUT2D eigenvalue weighted by Crippen LogP contribution is 2.04. The van der Waals surface area contributed by atoms with Crippen molar-refractivity contribution in [3.63, 3.8) is 0 Å². The SMILES string of the molecule is C[C@@H]1CN(CCCCOCc2ccccc2)CCN1. The summed E-state index contributed by atoms with van der Waals surface area (Å²) in [4.78, 5) is 2.55. The van der Waals surface area contributed by atoms with Gasteiger partial charge in [0.25, 0.3) is 0 Å². The van der Waals surface area contributed by atoms with E-state index < -0.39 is 0 Å². The molecule has 0 saturated carbocycles. The number of benzene rings is 1. The van der Waals surface area contributed by atoms with E-state index >= 15 is 0 Å². The van der Waals surface area contributed by atoms with Gasteiger partial charge in [0.2, 0.25) is 0 Å². The Balaban J connectivity index is 1.48. The Morgan fingerprint density at radius 3 is 2.89 bits per heavy atom. The molecule has 1 saturated heterocycles. The average molecular weight is 262 g/mol. The first-order valence-electron chi connectivity index (χ1n) is 7.42. The van der Waals surface area contributed by atoms with E-state index in [0.29, 0.717) is 6.04 Å². The normalized spacial score (nSPS) is 20.6. The van der Waals surface area contributed by atoms with Crippen molar-refractivity contribution in [1.29, 1.82) is 0 Å². The second-order valence-corrected chi connectivity index (χ2v) is 5.40. The number of hydrogen-bond acceptors (Lipinski definition) is 3. The topological polar surface area (TPSA) is 24.5 Å². The third-order valence-electron chi connectivity index (χ3n) is 3.58. The largest absolute Gasteiger partial charge is 0.377 e. The van der Waals surface area contributed by atoms with Crippen LogP contribution < -0.4 is 5.32 Å². The second kappa shape index (κ2) is 8.31. The lowest BCUT2D eigenvalue weighted by atomic mass is 10.2. The van der Waals surface area contributed by atoms with Crippen LogP contribution in [0.4, 0.5) is 0 Å². The van der Waals surface area contributed by atoms with Gasteiger partial charge in [0.05, 0.1) is 6.61 Å². The third kappa shape index (κ3) is 5.72. The van der Waals surface area contributed by atoms with Gasteiger partial charge in [0.15, 0.2) is 0 Å². The molecule has 19 heavy (non-hydrogen) atoms. The molecule has 3 nitrogen and oxygen atoms in total. The van der Waals surface area contributed by atoms with Crippen molar-refractivity contribution in [2.45, 2.75) is 32.4 Å². The van der Waals surface area contributed by atoms with Gasteiger partial charge in [-0.25, -0.2) is 0 Å². The molecular formula is C16H26N2O. The molecule has 0 radical (unpaired) electrons. The van der Waals surface area contributed by atoms with Crippen LogP contribution in [0.5, 0.6) is 0 Å². The maximum Gasteiger partial charge on any atom is 0.0716 e. The van der Waals surface area contributed by atoms with E-state index in [1.165, 1.54) is 31.6 Å². The molecule has 1 N–H and O–H groups in total. The van der Waals surface area contributed by atoms with Crippen LogP contribution in [0.2, 0.25) is 0 Å². The number of piperazine rings is 1. The summed E-state index contributed by atoms with van der Waals surface area (Å²) in [6.07, 6.45) is 2.40. The van der Waals surface area contributed by atoms with Gasteiger partial charge >= 0.3 is 0 Å². The summed E-state index contributed by atoms with van der Waals surface area (Å²) in [6, 6.07) is 11.0. The maximum atomic E-state index is 5.70. The molecule has 0 unspecified atom stereocenters. The molecule has 0 amide bonds. The first-order chi connectivity index (χ1) is 9.34. The Labute approximate surface area is 116 Å². The minimum Gasteiger partial charge on any atom is -0.377 e. The van der Waals surface area contributed by atoms with Crippen LogP contribution in [0.25, 0.3) is 0 Å². The zero-order chi connectivity index (χ0) is 13.3. The van der Waals surface area contributed by atoms with Crippen molar-refractivity contribution >= 4 is 0 Å². The standard InChI is InChI=1S/C16H26N2O/c1-15-13-18(11-9-17-15)10-5-6-12-19-14-16-7-3-2-4-8-16/h2-4,7-8,15,17H,5-6,9-14H2,1H3/t15-/m1/s1. The summed E-state index contributed by atoms with van der Waals surface area (Å²) >= 11 is 0. The van der Waals surface area contributed by atoms with Gasteiger partial charge in [-0.3, -0.25) is 0 Å². The van der Waals surface area contributed by atoms with Gasteiger partial charge in [-0.1, -0.05) is 30.3 Å². The Hall–Kier alpha value is -0.900. The number of hydrogen-bond donors (Lipinski definition) is 1. The number of rotatable bonds is 7. The van der Waals surface area contributed by atoms with Gasteiger partial charge < -0.3 is 15.0 Å². The van der Waals surface area contributed by atoms with E-state index in [1.807, 2.05) is 6.07 Å². The van der Waals surface area contributed by atoms with Crippen LogP contribution in [0.15, 0.2) is 30.3 Å². The van der Waals surface area contributed by atoms with Crippen molar-refractivity contribution in [3.05, 3.63) is 35.9 Å². The summed E-state index contributed by atoms with van der Waals surface area (Å²) in [5.41, 5.74) is 1.26. The van der Waals surface area contributed by atoms with Gasteiger partial charge in [0, 0.05) is 32.3 Å². The van der Waals surface area contributed by atoms with Crippen molar-refractivity contribution in [2.24, 2.45) is 0 Å². The Kier molecular flexibility index (Phi) is 6.34. The molecule has 1 aliphatic heterocycles. The minimum atomic E-state index is 0.642. The summed E-state index contributed by atoms with van der Waals surface area (Å²) in [5, 5.41) is 3.47. The Morgan fingerprint density at radius 1 is 1.26 bits per heavy atom. The molecule has 1 heterocycles. The fraction of sp³-hybridized carbons (Fsp3) is 0.625. The monoisotopic (exact) mass is 262 g/mol. The number of nitrogens with one attached hydrogen (secondary N) is 1. The smallest absolute Gasteiger partial charge is 0.0716 e. The van der Waals surface area contributed by atoms with Gasteiger partial charge in [0.1, 0.15) is 0 Å². The van der Waals surface area contributed by atoms with Crippen molar-refractivity contribution < 1.29 is 4.74 Å². The predicted molar refractivity (Wildman–Crippen MR) is 79.2 cm³/mol. The van der Waals surface area contributed by atoms with Crippen molar-refractivity contribution in [2.75, 3.05) is 32.8 Å². The molecular weight excluding hydrogens is 236 g/mol. The fourth-order valence-electron chi connectivity index (χ4n) is 2.52. The highest BCUT2D eigenvalue weighted by molar-refractivity contribution is 5.13. The Morgan fingerprint density at radius 2 is 2.11 bits per heavy atom. The highest BCUT2D eigenvalue weighted by Gasteiger charge is 2.14. The first-order valence-corrected chi connectivity index (χ1v) is 7.42. The molecule has 1 aliphatic rings. The third-order valence-corrected chi connectivity index (χ3v) is 3.58. The summed E-state index contributed by atoms with van der Waals surface area (Å²) in [7, 11) is 0. The lowest BCUT2D eigenvalue weighted by Gasteiger charge is -2.31. The molecule has 1 aromatic carbocycles. The maximum absolute atomic E-state index is 5.70. The van der Waals surface area contributed by atoms with Crippen LogP contribution >= 0.6 is 0 Å². The molecule has 0 spiro atoms. The molecule has 0 aliphatic carbocycles. The van der Waals surface area contributed by atoms with Crippen molar-refractivity contribution in [1.82, 2.24) is 10.2 Å². The first kappa shape index (κ1) is 14.5. The lowest BCUT2D eigenvalue weighted by molar-refractivity contribution is 0.112. The van der Waals surface area contributed by atoms with Crippen LogP contribution in [0, 0.1) is 0 Å². The van der Waals surface area contributed by atoms with Crippen LogP contribution in [-0.2, 0) is 11.3 Å². The predicted octanol–water partition coefficient (Wildman–Crippen LogP) is 2.28. The van der Waals surface area contributed by atoms with E-state index in [0.717, 1.165) is 26.2 Å². The number of ether oxygens (including phenoxy) is 1. The summed E-state index contributed by atoms with van der Waals surface area (Å²) in [5.74, 6) is 0. The highest BCUT2D eigenvalue weighted by atomic mass is 16.5. The van der Waals surface area contributed by atoms with Crippen LogP contribution in [0.1, 0.15) is 25.3 Å². The van der Waals surface area contributed by atoms with E-state index in [9.17, 15) is 0 Å². The molecule has 0 aromatic heterocycles.